The van der Waals surface area contributed by atoms with Crippen molar-refractivity contribution in [2.45, 2.75) is 168 Å². The highest BCUT2D eigenvalue weighted by molar-refractivity contribution is 5.72. The highest BCUT2D eigenvalue weighted by Crippen LogP contribution is 2.10. The first-order valence-corrected chi connectivity index (χ1v) is 22.1. The molecule has 0 heterocycles. The lowest BCUT2D eigenvalue weighted by molar-refractivity contribution is -0.166. The topological polar surface area (TPSA) is 78.9 Å². The van der Waals surface area contributed by atoms with Crippen molar-refractivity contribution in [2.75, 3.05) is 13.2 Å². The maximum Gasteiger partial charge on any atom is 0.309 e. The van der Waals surface area contributed by atoms with Crippen LogP contribution in [0.15, 0.2) is 122 Å². The van der Waals surface area contributed by atoms with Gasteiger partial charge < -0.3 is 14.2 Å². The van der Waals surface area contributed by atoms with Gasteiger partial charge in [0.15, 0.2) is 6.10 Å². The number of allylic oxidation sites excluding steroid dienone is 19. The molecule has 1 atom stereocenters. The molecule has 0 aliphatic carbocycles. The van der Waals surface area contributed by atoms with Crippen LogP contribution < -0.4 is 0 Å². The van der Waals surface area contributed by atoms with Gasteiger partial charge in [-0.15, -0.1) is 0 Å². The lowest BCUT2D eigenvalue weighted by atomic mass is 10.1. The number of rotatable bonds is 37. The highest BCUT2D eigenvalue weighted by Gasteiger charge is 2.19. The standard InChI is InChI=1S/C51H78O6/c1-4-7-10-13-16-19-21-23-24-25-26-27-28-30-32-35-38-41-44-50(53)56-47-48(46-55-49(52)43-40-37-34-31-18-15-12-9-6-3)57-51(54)45-42-39-36-33-29-22-20-17-14-11-8-5-2/h8-9,11-12,16-21,23-27,29,31,33,37,40,48H,4-7,10,13-15,22,28,30,32,34-36,38-39,41-47H2,1-3H3/b11-8-,12-9-,19-16-,20-17-,23-21-,25-24-,27-26-,31-18-,33-29-,40-37-. The molecule has 6 heteroatoms. The second-order valence-corrected chi connectivity index (χ2v) is 13.9. The number of carbonyl (C=O) groups is 3. The van der Waals surface area contributed by atoms with Crippen molar-refractivity contribution in [3.63, 3.8) is 0 Å². The summed E-state index contributed by atoms with van der Waals surface area (Å²) in [6, 6.07) is 0. The molecule has 0 aromatic heterocycles. The second-order valence-electron chi connectivity index (χ2n) is 13.9. The van der Waals surface area contributed by atoms with E-state index in [0.717, 1.165) is 96.3 Å². The van der Waals surface area contributed by atoms with Crippen LogP contribution in [-0.2, 0) is 28.6 Å². The Balaban J connectivity index is 4.53. The zero-order valence-electron chi connectivity index (χ0n) is 36.0. The third-order valence-electron chi connectivity index (χ3n) is 8.56. The van der Waals surface area contributed by atoms with E-state index in [1.165, 1.54) is 19.3 Å². The van der Waals surface area contributed by atoms with Crippen molar-refractivity contribution in [3.8, 4) is 0 Å². The van der Waals surface area contributed by atoms with Gasteiger partial charge in [-0.1, -0.05) is 174 Å². The maximum absolute atomic E-state index is 12.7. The van der Waals surface area contributed by atoms with Crippen LogP contribution >= 0.6 is 0 Å². The summed E-state index contributed by atoms with van der Waals surface area (Å²) in [5, 5.41) is 0. The molecule has 0 aliphatic heterocycles. The van der Waals surface area contributed by atoms with Crippen molar-refractivity contribution in [1.29, 1.82) is 0 Å². The van der Waals surface area contributed by atoms with Gasteiger partial charge in [-0.3, -0.25) is 14.4 Å². The fourth-order valence-corrected chi connectivity index (χ4v) is 5.29. The summed E-state index contributed by atoms with van der Waals surface area (Å²) in [7, 11) is 0. The minimum absolute atomic E-state index is 0.117. The van der Waals surface area contributed by atoms with E-state index in [1.807, 2.05) is 12.2 Å². The van der Waals surface area contributed by atoms with E-state index in [2.05, 4.69) is 124 Å². The number of hydrogen-bond acceptors (Lipinski definition) is 6. The molecule has 0 spiro atoms. The van der Waals surface area contributed by atoms with Crippen LogP contribution in [-0.4, -0.2) is 37.2 Å². The van der Waals surface area contributed by atoms with Crippen LogP contribution in [0.2, 0.25) is 0 Å². The molecule has 0 aliphatic rings. The fraction of sp³-hybridized carbons (Fsp3) is 0.549. The van der Waals surface area contributed by atoms with Crippen LogP contribution in [0.1, 0.15) is 162 Å². The van der Waals surface area contributed by atoms with Gasteiger partial charge >= 0.3 is 17.9 Å². The first kappa shape index (κ1) is 52.8. The normalized spacial score (nSPS) is 13.2. The molecule has 0 fully saturated rings. The molecule has 0 radical (unpaired) electrons. The number of carbonyl (C=O) groups excluding carboxylic acids is 3. The van der Waals surface area contributed by atoms with Crippen LogP contribution in [0.5, 0.6) is 0 Å². The summed E-state index contributed by atoms with van der Waals surface area (Å²) in [5.74, 6) is -1.14. The zero-order valence-corrected chi connectivity index (χ0v) is 36.0. The summed E-state index contributed by atoms with van der Waals surface area (Å²) >= 11 is 0. The van der Waals surface area contributed by atoms with Crippen molar-refractivity contribution in [1.82, 2.24) is 0 Å². The highest BCUT2D eigenvalue weighted by atomic mass is 16.6. The molecule has 0 aromatic rings. The average molecular weight is 787 g/mol. The van der Waals surface area contributed by atoms with E-state index >= 15 is 0 Å². The van der Waals surface area contributed by atoms with E-state index in [1.54, 1.807) is 6.08 Å². The molecule has 0 aromatic carbocycles. The minimum atomic E-state index is -0.844. The van der Waals surface area contributed by atoms with E-state index < -0.39 is 12.1 Å². The first-order chi connectivity index (χ1) is 28.0. The minimum Gasteiger partial charge on any atom is -0.462 e. The Kier molecular flexibility index (Phi) is 41.3. The Morgan fingerprint density at radius 2 is 0.825 bits per heavy atom. The molecule has 318 valence electrons. The number of ether oxygens (including phenoxy) is 3. The van der Waals surface area contributed by atoms with Gasteiger partial charge in [-0.2, -0.15) is 0 Å². The predicted octanol–water partition coefficient (Wildman–Crippen LogP) is 14.2. The molecule has 6 nitrogen and oxygen atoms in total. The van der Waals surface area contributed by atoms with Crippen LogP contribution in [0.4, 0.5) is 0 Å². The van der Waals surface area contributed by atoms with Gasteiger partial charge in [0.25, 0.3) is 0 Å². The zero-order chi connectivity index (χ0) is 41.5. The summed E-state index contributed by atoms with van der Waals surface area (Å²) in [6.07, 6.45) is 60.7. The van der Waals surface area contributed by atoms with Gasteiger partial charge in [0.2, 0.25) is 0 Å². The SMILES string of the molecule is CC/C=C\C/C=C\C/C=C\CCCCC(=O)OC(COC(=O)C/C=C\C/C=C\C/C=C\CC)COC(=O)CCCCCCC\C=C/C=C\C=C/C=C\CCCCC. The molecular formula is C51H78O6. The smallest absolute Gasteiger partial charge is 0.309 e. The van der Waals surface area contributed by atoms with Gasteiger partial charge in [0.05, 0.1) is 6.42 Å². The molecular weight excluding hydrogens is 709 g/mol. The maximum atomic E-state index is 12.7. The van der Waals surface area contributed by atoms with E-state index in [-0.39, 0.29) is 38.0 Å². The number of hydrogen-bond donors (Lipinski definition) is 0. The van der Waals surface area contributed by atoms with Crippen LogP contribution in [0.3, 0.4) is 0 Å². The van der Waals surface area contributed by atoms with Crippen molar-refractivity contribution >= 4 is 17.9 Å². The predicted molar refractivity (Wildman–Crippen MR) is 242 cm³/mol. The molecule has 57 heavy (non-hydrogen) atoms. The number of unbranched alkanes of at least 4 members (excludes halogenated alkanes) is 10. The van der Waals surface area contributed by atoms with Crippen molar-refractivity contribution in [3.05, 3.63) is 122 Å². The molecule has 0 saturated heterocycles. The van der Waals surface area contributed by atoms with E-state index in [0.29, 0.717) is 12.8 Å². The molecule has 0 N–H and O–H groups in total. The Morgan fingerprint density at radius 3 is 1.42 bits per heavy atom. The van der Waals surface area contributed by atoms with Gasteiger partial charge in [-0.25, -0.2) is 0 Å². The van der Waals surface area contributed by atoms with E-state index in [4.69, 9.17) is 14.2 Å². The lowest BCUT2D eigenvalue weighted by Gasteiger charge is -2.18. The lowest BCUT2D eigenvalue weighted by Crippen LogP contribution is -2.30. The summed E-state index contributed by atoms with van der Waals surface area (Å²) in [6.45, 7) is 6.17. The average Bonchev–Trinajstić information content (AvgIpc) is 3.21. The molecule has 0 saturated carbocycles. The van der Waals surface area contributed by atoms with Gasteiger partial charge in [-0.05, 0) is 89.9 Å². The Bertz CT molecular complexity index is 1270. The second kappa shape index (κ2) is 44.5. The summed E-state index contributed by atoms with van der Waals surface area (Å²) < 4.78 is 16.5. The van der Waals surface area contributed by atoms with E-state index in [9.17, 15) is 14.4 Å². The third-order valence-corrected chi connectivity index (χ3v) is 8.56. The summed E-state index contributed by atoms with van der Waals surface area (Å²) in [4.78, 5) is 37.6. The van der Waals surface area contributed by atoms with Crippen molar-refractivity contribution in [2.24, 2.45) is 0 Å². The molecule has 0 rings (SSSR count). The Hall–Kier alpha value is -4.19. The van der Waals surface area contributed by atoms with Crippen LogP contribution in [0, 0.1) is 0 Å². The van der Waals surface area contributed by atoms with Crippen LogP contribution in [0.25, 0.3) is 0 Å². The first-order valence-electron chi connectivity index (χ1n) is 22.1. The Labute approximate surface area is 348 Å². The molecule has 0 amide bonds. The third kappa shape index (κ3) is 42.8. The molecule has 1 unspecified atom stereocenters. The summed E-state index contributed by atoms with van der Waals surface area (Å²) in [5.41, 5.74) is 0. The Morgan fingerprint density at radius 1 is 0.404 bits per heavy atom. The largest absolute Gasteiger partial charge is 0.462 e. The van der Waals surface area contributed by atoms with Crippen molar-refractivity contribution < 1.29 is 28.6 Å². The quantitative estimate of drug-likeness (QED) is 0.0205. The monoisotopic (exact) mass is 787 g/mol. The molecule has 0 bridgehead atoms. The number of esters is 3. The fourth-order valence-electron chi connectivity index (χ4n) is 5.29. The van der Waals surface area contributed by atoms with Gasteiger partial charge in [0.1, 0.15) is 13.2 Å². The van der Waals surface area contributed by atoms with Gasteiger partial charge in [0, 0.05) is 12.8 Å².